The predicted molar refractivity (Wildman–Crippen MR) is 67.6 cm³/mol. The van der Waals surface area contributed by atoms with E-state index in [0.29, 0.717) is 38.0 Å². The Morgan fingerprint density at radius 2 is 2.26 bits per heavy atom. The SMILES string of the molecule is CC(Sc1nnnn1CCO)C(=O)N1CCOCC1. The molecule has 0 aromatic carbocycles. The van der Waals surface area contributed by atoms with Crippen molar-refractivity contribution in [2.75, 3.05) is 32.9 Å². The molecule has 1 saturated heterocycles. The summed E-state index contributed by atoms with van der Waals surface area (Å²) >= 11 is 1.30. The van der Waals surface area contributed by atoms with Crippen molar-refractivity contribution in [2.24, 2.45) is 0 Å². The van der Waals surface area contributed by atoms with E-state index in [-0.39, 0.29) is 17.8 Å². The zero-order valence-corrected chi connectivity index (χ0v) is 11.5. The first-order valence-corrected chi connectivity index (χ1v) is 7.00. The lowest BCUT2D eigenvalue weighted by Crippen LogP contribution is -2.44. The second-order valence-electron chi connectivity index (χ2n) is 4.11. The summed E-state index contributed by atoms with van der Waals surface area (Å²) in [5.41, 5.74) is 0. The fourth-order valence-electron chi connectivity index (χ4n) is 1.77. The third-order valence-corrected chi connectivity index (χ3v) is 3.82. The lowest BCUT2D eigenvalue weighted by molar-refractivity contribution is -0.134. The monoisotopic (exact) mass is 287 g/mol. The molecule has 0 spiro atoms. The van der Waals surface area contributed by atoms with Crippen LogP contribution >= 0.6 is 11.8 Å². The molecule has 1 unspecified atom stereocenters. The average molecular weight is 287 g/mol. The van der Waals surface area contributed by atoms with Crippen molar-refractivity contribution < 1.29 is 14.6 Å². The van der Waals surface area contributed by atoms with Gasteiger partial charge < -0.3 is 14.7 Å². The van der Waals surface area contributed by atoms with E-state index in [4.69, 9.17) is 9.84 Å². The molecule has 19 heavy (non-hydrogen) atoms. The number of carbonyl (C=O) groups is 1. The Balaban J connectivity index is 1.93. The summed E-state index contributed by atoms with van der Waals surface area (Å²) in [6.45, 7) is 4.56. The van der Waals surface area contributed by atoms with Gasteiger partial charge in [0.2, 0.25) is 11.1 Å². The number of hydrogen-bond acceptors (Lipinski definition) is 7. The van der Waals surface area contributed by atoms with Crippen LogP contribution in [0.25, 0.3) is 0 Å². The maximum Gasteiger partial charge on any atom is 0.236 e. The number of rotatable bonds is 5. The normalized spacial score (nSPS) is 17.5. The van der Waals surface area contributed by atoms with Crippen LogP contribution in [0.15, 0.2) is 5.16 Å². The quantitative estimate of drug-likeness (QED) is 0.695. The Labute approximate surface area is 115 Å². The number of nitrogens with zero attached hydrogens (tertiary/aromatic N) is 5. The number of ether oxygens (including phenoxy) is 1. The minimum absolute atomic E-state index is 0.0373. The van der Waals surface area contributed by atoms with E-state index < -0.39 is 0 Å². The molecule has 1 amide bonds. The highest BCUT2D eigenvalue weighted by Gasteiger charge is 2.24. The van der Waals surface area contributed by atoms with Crippen LogP contribution < -0.4 is 0 Å². The minimum atomic E-state index is -0.262. The van der Waals surface area contributed by atoms with Crippen LogP contribution in [-0.4, -0.2) is 74.3 Å². The molecule has 1 aromatic heterocycles. The highest BCUT2D eigenvalue weighted by Crippen LogP contribution is 2.22. The molecule has 1 atom stereocenters. The van der Waals surface area contributed by atoms with Crippen molar-refractivity contribution in [3.8, 4) is 0 Å². The molecule has 2 rings (SSSR count). The summed E-state index contributed by atoms with van der Waals surface area (Å²) in [6, 6.07) is 0. The summed E-state index contributed by atoms with van der Waals surface area (Å²) in [4.78, 5) is 14.0. The van der Waals surface area contributed by atoms with Crippen molar-refractivity contribution >= 4 is 17.7 Å². The van der Waals surface area contributed by atoms with E-state index >= 15 is 0 Å². The number of tetrazole rings is 1. The molecule has 106 valence electrons. The molecule has 8 nitrogen and oxygen atoms in total. The first-order valence-electron chi connectivity index (χ1n) is 6.12. The van der Waals surface area contributed by atoms with Gasteiger partial charge in [0, 0.05) is 13.1 Å². The van der Waals surface area contributed by atoms with Gasteiger partial charge in [-0.3, -0.25) is 4.79 Å². The Hall–Kier alpha value is -1.19. The van der Waals surface area contributed by atoms with Gasteiger partial charge in [0.25, 0.3) is 0 Å². The Kier molecular flexibility index (Phi) is 5.11. The van der Waals surface area contributed by atoms with Gasteiger partial charge in [-0.05, 0) is 17.4 Å². The Bertz CT molecular complexity index is 421. The number of morpholine rings is 1. The molecule has 1 fully saturated rings. The fourth-order valence-corrected chi connectivity index (χ4v) is 2.66. The fraction of sp³-hybridized carbons (Fsp3) is 0.800. The maximum atomic E-state index is 12.2. The molecule has 1 N–H and O–H groups in total. The molecule has 1 aliphatic rings. The highest BCUT2D eigenvalue weighted by molar-refractivity contribution is 8.00. The second-order valence-corrected chi connectivity index (χ2v) is 5.41. The zero-order valence-electron chi connectivity index (χ0n) is 10.7. The first-order chi connectivity index (χ1) is 9.22. The topological polar surface area (TPSA) is 93.4 Å². The van der Waals surface area contributed by atoms with Crippen LogP contribution in [0.2, 0.25) is 0 Å². The molecule has 1 aliphatic heterocycles. The first kappa shape index (κ1) is 14.2. The maximum absolute atomic E-state index is 12.2. The average Bonchev–Trinajstić information content (AvgIpc) is 2.86. The lowest BCUT2D eigenvalue weighted by Gasteiger charge is -2.28. The molecule has 9 heteroatoms. The van der Waals surface area contributed by atoms with Gasteiger partial charge in [-0.15, -0.1) is 5.10 Å². The number of thioether (sulfide) groups is 1. The molecule has 0 saturated carbocycles. The molecule has 0 aliphatic carbocycles. The largest absolute Gasteiger partial charge is 0.394 e. The number of amides is 1. The number of hydrogen-bond donors (Lipinski definition) is 1. The highest BCUT2D eigenvalue weighted by atomic mass is 32.2. The Morgan fingerprint density at radius 3 is 2.95 bits per heavy atom. The van der Waals surface area contributed by atoms with Crippen LogP contribution in [0.3, 0.4) is 0 Å². The zero-order chi connectivity index (χ0) is 13.7. The Morgan fingerprint density at radius 1 is 1.53 bits per heavy atom. The predicted octanol–water partition coefficient (Wildman–Crippen LogP) is -0.995. The molecule has 0 radical (unpaired) electrons. The van der Waals surface area contributed by atoms with Gasteiger partial charge >= 0.3 is 0 Å². The van der Waals surface area contributed by atoms with E-state index in [0.717, 1.165) is 0 Å². The van der Waals surface area contributed by atoms with Gasteiger partial charge in [-0.1, -0.05) is 11.8 Å². The summed E-state index contributed by atoms with van der Waals surface area (Å²) in [5, 5.41) is 20.4. The summed E-state index contributed by atoms with van der Waals surface area (Å²) in [5.74, 6) is 0.0619. The van der Waals surface area contributed by atoms with Gasteiger partial charge in [0.05, 0.1) is 31.6 Å². The van der Waals surface area contributed by atoms with E-state index in [9.17, 15) is 4.79 Å². The second kappa shape index (κ2) is 6.83. The van der Waals surface area contributed by atoms with E-state index in [1.54, 1.807) is 4.90 Å². The van der Waals surface area contributed by atoms with Gasteiger partial charge in [-0.2, -0.15) is 0 Å². The number of aliphatic hydroxyl groups is 1. The number of aromatic nitrogens is 4. The van der Waals surface area contributed by atoms with Crippen LogP contribution in [-0.2, 0) is 16.1 Å². The van der Waals surface area contributed by atoms with Crippen LogP contribution in [0.4, 0.5) is 0 Å². The van der Waals surface area contributed by atoms with Crippen LogP contribution in [0.5, 0.6) is 0 Å². The van der Waals surface area contributed by atoms with Crippen LogP contribution in [0, 0.1) is 0 Å². The van der Waals surface area contributed by atoms with Crippen molar-refractivity contribution in [1.29, 1.82) is 0 Å². The number of aliphatic hydroxyl groups excluding tert-OH is 1. The summed E-state index contributed by atoms with van der Waals surface area (Å²) in [6.07, 6.45) is 0. The van der Waals surface area contributed by atoms with Crippen molar-refractivity contribution in [1.82, 2.24) is 25.1 Å². The van der Waals surface area contributed by atoms with Crippen molar-refractivity contribution in [2.45, 2.75) is 23.9 Å². The standard InChI is InChI=1S/C10H17N5O3S/c1-8(9(17)14-3-6-18-7-4-14)19-10-11-12-13-15(10)2-5-16/h8,16H,2-7H2,1H3. The van der Waals surface area contributed by atoms with Crippen molar-refractivity contribution in [3.63, 3.8) is 0 Å². The molecule has 1 aromatic rings. The van der Waals surface area contributed by atoms with Crippen molar-refractivity contribution in [3.05, 3.63) is 0 Å². The summed E-state index contributed by atoms with van der Waals surface area (Å²) < 4.78 is 6.72. The number of carbonyl (C=O) groups excluding carboxylic acids is 1. The van der Waals surface area contributed by atoms with Gasteiger partial charge in [-0.25, -0.2) is 4.68 Å². The van der Waals surface area contributed by atoms with Gasteiger partial charge in [0.1, 0.15) is 0 Å². The molecular weight excluding hydrogens is 270 g/mol. The van der Waals surface area contributed by atoms with E-state index in [1.165, 1.54) is 16.4 Å². The lowest BCUT2D eigenvalue weighted by atomic mass is 10.3. The summed E-state index contributed by atoms with van der Waals surface area (Å²) in [7, 11) is 0. The van der Waals surface area contributed by atoms with Crippen LogP contribution in [0.1, 0.15) is 6.92 Å². The van der Waals surface area contributed by atoms with E-state index in [1.807, 2.05) is 6.92 Å². The minimum Gasteiger partial charge on any atom is -0.394 e. The molecule has 2 heterocycles. The third kappa shape index (κ3) is 3.64. The molecule has 0 bridgehead atoms. The smallest absolute Gasteiger partial charge is 0.236 e. The van der Waals surface area contributed by atoms with Gasteiger partial charge in [0.15, 0.2) is 0 Å². The van der Waals surface area contributed by atoms with E-state index in [2.05, 4.69) is 15.5 Å². The molecular formula is C10H17N5O3S. The third-order valence-electron chi connectivity index (χ3n) is 2.76.